The number of hydrogen-bond donors (Lipinski definition) is 1. The molecule has 1 aliphatic rings. The second-order valence-electron chi connectivity index (χ2n) is 5.62. The highest BCUT2D eigenvalue weighted by molar-refractivity contribution is 6.15. The minimum absolute atomic E-state index is 0.0246. The summed E-state index contributed by atoms with van der Waals surface area (Å²) in [4.78, 5) is 35.4. The van der Waals surface area contributed by atoms with Gasteiger partial charge in [-0.3, -0.25) is 4.79 Å². The molecule has 1 aliphatic heterocycles. The molecule has 0 amide bonds. The van der Waals surface area contributed by atoms with Crippen molar-refractivity contribution in [1.29, 1.82) is 0 Å². The lowest BCUT2D eigenvalue weighted by Gasteiger charge is -2.29. The Morgan fingerprint density at radius 3 is 2.29 bits per heavy atom. The fraction of sp³-hybridized carbons (Fsp3) is 0.353. The number of anilines is 1. The van der Waals surface area contributed by atoms with Gasteiger partial charge < -0.3 is 19.5 Å². The van der Waals surface area contributed by atoms with Gasteiger partial charge in [0.15, 0.2) is 11.4 Å². The average Bonchev–Trinajstić information content (AvgIpc) is 2.51. The maximum atomic E-state index is 11.8. The number of carbonyl (C=O) groups excluding carboxylic acids is 3. The predicted molar refractivity (Wildman–Crippen MR) is 85.2 cm³/mol. The van der Waals surface area contributed by atoms with Crippen molar-refractivity contribution in [1.82, 2.24) is 0 Å². The Labute approximate surface area is 139 Å². The van der Waals surface area contributed by atoms with Gasteiger partial charge in [-0.2, -0.15) is 0 Å². The van der Waals surface area contributed by atoms with E-state index in [-0.39, 0.29) is 11.4 Å². The number of rotatable bonds is 6. The van der Waals surface area contributed by atoms with Crippen LogP contribution in [0.3, 0.4) is 0 Å². The molecule has 7 heteroatoms. The van der Waals surface area contributed by atoms with Crippen LogP contribution in [0.1, 0.15) is 30.6 Å². The van der Waals surface area contributed by atoms with Crippen molar-refractivity contribution < 1.29 is 28.6 Å². The summed E-state index contributed by atoms with van der Waals surface area (Å²) in [5.41, 5.74) is 0.939. The minimum atomic E-state index is -1.27. The lowest BCUT2D eigenvalue weighted by Crippen LogP contribution is -2.42. The van der Waals surface area contributed by atoms with E-state index < -0.39 is 17.7 Å². The molecule has 1 heterocycles. The highest BCUT2D eigenvalue weighted by Crippen LogP contribution is 2.22. The van der Waals surface area contributed by atoms with Crippen LogP contribution in [0.4, 0.5) is 5.69 Å². The molecule has 0 aliphatic carbocycles. The summed E-state index contributed by atoms with van der Waals surface area (Å²) in [6.07, 6.45) is 1.53. The number of carbonyl (C=O) groups is 3. The molecule has 0 bridgehead atoms. The number of nitrogens with one attached hydrogen (secondary N) is 1. The lowest BCUT2D eigenvalue weighted by molar-refractivity contribution is -0.222. The first-order valence-electron chi connectivity index (χ1n) is 7.38. The van der Waals surface area contributed by atoms with Gasteiger partial charge in [-0.25, -0.2) is 9.59 Å². The number of methoxy groups -OCH3 is 1. The second-order valence-corrected chi connectivity index (χ2v) is 5.62. The summed E-state index contributed by atoms with van der Waals surface area (Å²) in [5.74, 6) is -2.80. The van der Waals surface area contributed by atoms with Crippen molar-refractivity contribution in [3.63, 3.8) is 0 Å². The van der Waals surface area contributed by atoms with E-state index in [0.29, 0.717) is 24.3 Å². The van der Waals surface area contributed by atoms with Crippen molar-refractivity contribution >= 4 is 23.4 Å². The molecule has 128 valence electrons. The molecule has 1 N–H and O–H groups in total. The molecule has 24 heavy (non-hydrogen) atoms. The molecule has 1 aromatic carbocycles. The number of ketones is 1. The van der Waals surface area contributed by atoms with Crippen molar-refractivity contribution in [2.45, 2.75) is 26.1 Å². The molecule has 1 saturated heterocycles. The predicted octanol–water partition coefficient (Wildman–Crippen LogP) is 2.04. The summed E-state index contributed by atoms with van der Waals surface area (Å²) in [5, 5.41) is 2.81. The maximum Gasteiger partial charge on any atom is 0.350 e. The van der Waals surface area contributed by atoms with Crippen LogP contribution in [0.15, 0.2) is 36.0 Å². The largest absolute Gasteiger partial charge is 0.419 e. The standard InChI is InChI=1S/C17H19NO6/c1-17(2)23-15(20)13(16(21)24-17)10-18-12-6-4-11(5-7-12)14(19)8-9-22-3/h4-7,10,18H,8-9H2,1-3H3. The molecule has 1 fully saturated rings. The molecule has 0 aromatic heterocycles. The summed E-state index contributed by atoms with van der Waals surface area (Å²) in [7, 11) is 1.54. The molecule has 2 rings (SSSR count). The van der Waals surface area contributed by atoms with E-state index in [2.05, 4.69) is 5.32 Å². The van der Waals surface area contributed by atoms with Crippen molar-refractivity contribution in [3.8, 4) is 0 Å². The highest BCUT2D eigenvalue weighted by Gasteiger charge is 2.38. The number of benzene rings is 1. The monoisotopic (exact) mass is 333 g/mol. The number of esters is 2. The Hall–Kier alpha value is -2.67. The zero-order valence-corrected chi connectivity index (χ0v) is 13.8. The Bertz CT molecular complexity index is 653. The third-order valence-electron chi connectivity index (χ3n) is 3.24. The van der Waals surface area contributed by atoms with Gasteiger partial charge in [0.25, 0.3) is 5.79 Å². The first kappa shape index (κ1) is 17.7. The molecule has 0 radical (unpaired) electrons. The average molecular weight is 333 g/mol. The Morgan fingerprint density at radius 1 is 1.17 bits per heavy atom. The molecular formula is C17H19NO6. The summed E-state index contributed by atoms with van der Waals surface area (Å²) in [6.45, 7) is 3.32. The van der Waals surface area contributed by atoms with Gasteiger partial charge in [-0.05, 0) is 24.3 Å². The van der Waals surface area contributed by atoms with Crippen LogP contribution in [0.25, 0.3) is 0 Å². The van der Waals surface area contributed by atoms with Crippen LogP contribution in [0, 0.1) is 0 Å². The minimum Gasteiger partial charge on any atom is -0.419 e. The third-order valence-corrected chi connectivity index (χ3v) is 3.24. The van der Waals surface area contributed by atoms with E-state index in [4.69, 9.17) is 14.2 Å². The molecule has 7 nitrogen and oxygen atoms in total. The van der Waals surface area contributed by atoms with Crippen molar-refractivity contribution in [2.75, 3.05) is 19.0 Å². The van der Waals surface area contributed by atoms with Crippen LogP contribution in [0.5, 0.6) is 0 Å². The zero-order valence-electron chi connectivity index (χ0n) is 13.8. The van der Waals surface area contributed by atoms with Gasteiger partial charge in [0.1, 0.15) is 0 Å². The van der Waals surface area contributed by atoms with E-state index >= 15 is 0 Å². The fourth-order valence-electron chi connectivity index (χ4n) is 2.03. The van der Waals surface area contributed by atoms with Gasteiger partial charge in [0, 0.05) is 44.8 Å². The molecular weight excluding hydrogens is 314 g/mol. The van der Waals surface area contributed by atoms with Crippen LogP contribution < -0.4 is 5.32 Å². The number of hydrogen-bond acceptors (Lipinski definition) is 7. The van der Waals surface area contributed by atoms with Crippen molar-refractivity contribution in [3.05, 3.63) is 41.6 Å². The summed E-state index contributed by atoms with van der Waals surface area (Å²) >= 11 is 0. The number of Topliss-reactive ketones (excluding diaryl/α,β-unsaturated/α-hetero) is 1. The molecule has 0 unspecified atom stereocenters. The topological polar surface area (TPSA) is 90.9 Å². The van der Waals surface area contributed by atoms with Crippen molar-refractivity contribution in [2.24, 2.45) is 0 Å². The molecule has 0 spiro atoms. The third kappa shape index (κ3) is 4.42. The molecule has 0 saturated carbocycles. The van der Waals surface area contributed by atoms with Gasteiger partial charge >= 0.3 is 11.9 Å². The lowest BCUT2D eigenvalue weighted by atomic mass is 10.1. The number of ether oxygens (including phenoxy) is 3. The van der Waals surface area contributed by atoms with Gasteiger partial charge in [-0.15, -0.1) is 0 Å². The van der Waals surface area contributed by atoms with E-state index in [0.717, 1.165) is 0 Å². The summed E-state index contributed by atoms with van der Waals surface area (Å²) in [6, 6.07) is 6.64. The molecule has 0 atom stereocenters. The fourth-order valence-corrected chi connectivity index (χ4v) is 2.03. The summed E-state index contributed by atoms with van der Waals surface area (Å²) < 4.78 is 14.8. The number of cyclic esters (lactones) is 2. The van der Waals surface area contributed by atoms with Gasteiger partial charge in [0.2, 0.25) is 0 Å². The quantitative estimate of drug-likeness (QED) is 0.369. The van der Waals surface area contributed by atoms with E-state index in [1.807, 2.05) is 0 Å². The van der Waals surface area contributed by atoms with E-state index in [1.54, 1.807) is 24.3 Å². The second kappa shape index (κ2) is 7.27. The van der Waals surface area contributed by atoms with E-state index in [1.165, 1.54) is 27.2 Å². The zero-order chi connectivity index (χ0) is 17.7. The normalized spacial score (nSPS) is 16.2. The van der Waals surface area contributed by atoms with Crippen LogP contribution >= 0.6 is 0 Å². The van der Waals surface area contributed by atoms with Crippen LogP contribution in [-0.4, -0.2) is 37.2 Å². The van der Waals surface area contributed by atoms with Crippen LogP contribution in [-0.2, 0) is 23.8 Å². The first-order valence-corrected chi connectivity index (χ1v) is 7.38. The van der Waals surface area contributed by atoms with E-state index in [9.17, 15) is 14.4 Å². The highest BCUT2D eigenvalue weighted by atomic mass is 16.7. The Kier molecular flexibility index (Phi) is 5.35. The Morgan fingerprint density at radius 2 is 1.75 bits per heavy atom. The molecule has 1 aromatic rings. The SMILES string of the molecule is COCCC(=O)c1ccc(NC=C2C(=O)OC(C)(C)OC2=O)cc1. The van der Waals surface area contributed by atoms with Crippen LogP contribution in [0.2, 0.25) is 0 Å². The van der Waals surface area contributed by atoms with Gasteiger partial charge in [-0.1, -0.05) is 0 Å². The smallest absolute Gasteiger partial charge is 0.350 e. The van der Waals surface area contributed by atoms with Gasteiger partial charge in [0.05, 0.1) is 6.61 Å². The first-order chi connectivity index (χ1) is 11.3. The Balaban J connectivity index is 2.03. The maximum absolute atomic E-state index is 11.8.